The number of carbonyl (C=O) groups is 2. The summed E-state index contributed by atoms with van der Waals surface area (Å²) in [5, 5.41) is 9.43. The van der Waals surface area contributed by atoms with Crippen LogP contribution in [0.4, 0.5) is 4.79 Å². The first kappa shape index (κ1) is 19.7. The molecule has 132 valence electrons. The molecule has 0 unspecified atom stereocenters. The monoisotopic (exact) mass is 343 g/mol. The van der Waals surface area contributed by atoms with Gasteiger partial charge in [-0.05, 0) is 31.5 Å². The van der Waals surface area contributed by atoms with E-state index < -0.39 is 20.4 Å². The molecule has 1 aliphatic rings. The highest BCUT2D eigenvalue weighted by Gasteiger charge is 2.43. The Kier molecular flexibility index (Phi) is 6.41. The highest BCUT2D eigenvalue weighted by atomic mass is 28.4. The predicted octanol–water partition coefficient (Wildman–Crippen LogP) is 3.25. The molecule has 6 nitrogen and oxygen atoms in total. The molecular formula is C16H29NO5Si. The number of nitrogens with zero attached hydrogens (tertiary/aromatic N) is 1. The van der Waals surface area contributed by atoms with E-state index in [9.17, 15) is 14.7 Å². The fourth-order valence-electron chi connectivity index (χ4n) is 2.29. The van der Waals surface area contributed by atoms with Crippen molar-refractivity contribution in [3.63, 3.8) is 0 Å². The van der Waals surface area contributed by atoms with Crippen molar-refractivity contribution in [1.29, 1.82) is 0 Å². The topological polar surface area (TPSA) is 76.1 Å². The van der Waals surface area contributed by atoms with Crippen molar-refractivity contribution in [3.05, 3.63) is 12.2 Å². The van der Waals surface area contributed by atoms with Crippen molar-refractivity contribution in [2.75, 3.05) is 13.2 Å². The van der Waals surface area contributed by atoms with E-state index in [1.165, 1.54) is 11.0 Å². The Morgan fingerprint density at radius 3 is 2.43 bits per heavy atom. The minimum Gasteiger partial charge on any atom is -0.465 e. The second-order valence-electron chi connectivity index (χ2n) is 7.35. The van der Waals surface area contributed by atoms with Crippen LogP contribution in [-0.4, -0.2) is 55.7 Å². The summed E-state index contributed by atoms with van der Waals surface area (Å²) in [7, 11) is -1.96. The van der Waals surface area contributed by atoms with Crippen LogP contribution >= 0.6 is 0 Å². The zero-order valence-corrected chi connectivity index (χ0v) is 16.0. The van der Waals surface area contributed by atoms with Crippen molar-refractivity contribution in [2.24, 2.45) is 0 Å². The van der Waals surface area contributed by atoms with Crippen LogP contribution in [0, 0.1) is 0 Å². The second-order valence-corrected chi connectivity index (χ2v) is 12.1. The fraction of sp³-hybridized carbons (Fsp3) is 0.750. The van der Waals surface area contributed by atoms with E-state index in [1.54, 1.807) is 13.0 Å². The zero-order chi connectivity index (χ0) is 17.8. The van der Waals surface area contributed by atoms with Crippen molar-refractivity contribution >= 4 is 20.4 Å². The maximum atomic E-state index is 11.4. The third-order valence-electron chi connectivity index (χ3n) is 4.56. The number of likely N-dealkylation sites (tertiary alicyclic amines) is 1. The molecule has 0 aromatic rings. The first-order valence-electron chi connectivity index (χ1n) is 8.00. The molecule has 23 heavy (non-hydrogen) atoms. The molecule has 0 aliphatic carbocycles. The summed E-state index contributed by atoms with van der Waals surface area (Å²) in [5.74, 6) is -0.452. The van der Waals surface area contributed by atoms with Gasteiger partial charge in [0.05, 0.1) is 18.8 Å². The molecule has 1 heterocycles. The lowest BCUT2D eigenvalue weighted by atomic mass is 10.2. The summed E-state index contributed by atoms with van der Waals surface area (Å²) in [6, 6.07) is -0.355. The van der Waals surface area contributed by atoms with Crippen LogP contribution in [-0.2, 0) is 14.0 Å². The van der Waals surface area contributed by atoms with E-state index in [0.29, 0.717) is 19.6 Å². The van der Waals surface area contributed by atoms with E-state index in [4.69, 9.17) is 9.16 Å². The molecule has 0 spiro atoms. The highest BCUT2D eigenvalue weighted by molar-refractivity contribution is 6.74. The molecule has 1 amide bonds. The molecule has 1 aliphatic heterocycles. The summed E-state index contributed by atoms with van der Waals surface area (Å²) in [5.41, 5.74) is 0. The fourth-order valence-corrected chi connectivity index (χ4v) is 3.64. The van der Waals surface area contributed by atoms with Gasteiger partial charge in [-0.2, -0.15) is 0 Å². The van der Waals surface area contributed by atoms with Gasteiger partial charge in [-0.3, -0.25) is 4.90 Å². The van der Waals surface area contributed by atoms with E-state index in [2.05, 4.69) is 33.9 Å². The number of hydrogen-bond acceptors (Lipinski definition) is 4. The largest absolute Gasteiger partial charge is 0.465 e. The average molecular weight is 343 g/mol. The molecule has 1 rings (SSSR count). The standard InChI is InChI=1S/C16H29NO5Si/c1-7-21-14(18)9-8-12-10-13(11-17(12)15(19)20)22-23(5,6)16(2,3)4/h8-9,12-13H,7,10-11H2,1-6H3,(H,19,20)/t12-,13-/m1/s1. The van der Waals surface area contributed by atoms with Gasteiger partial charge in [-0.1, -0.05) is 26.8 Å². The summed E-state index contributed by atoms with van der Waals surface area (Å²) in [6.07, 6.45) is 2.34. The van der Waals surface area contributed by atoms with Crippen LogP contribution in [0.5, 0.6) is 0 Å². The summed E-state index contributed by atoms with van der Waals surface area (Å²) >= 11 is 0. The Morgan fingerprint density at radius 2 is 1.96 bits per heavy atom. The molecule has 0 radical (unpaired) electrons. The van der Waals surface area contributed by atoms with Crippen molar-refractivity contribution in [1.82, 2.24) is 4.90 Å². The molecule has 7 heteroatoms. The van der Waals surface area contributed by atoms with Crippen LogP contribution in [0.1, 0.15) is 34.1 Å². The summed E-state index contributed by atoms with van der Waals surface area (Å²) < 4.78 is 11.1. The number of rotatable bonds is 5. The Hall–Kier alpha value is -1.34. The molecule has 0 aromatic heterocycles. The van der Waals surface area contributed by atoms with Crippen LogP contribution in [0.2, 0.25) is 18.1 Å². The number of esters is 1. The number of hydrogen-bond donors (Lipinski definition) is 1. The van der Waals surface area contributed by atoms with Crippen LogP contribution in [0.15, 0.2) is 12.2 Å². The number of ether oxygens (including phenoxy) is 1. The SMILES string of the molecule is CCOC(=O)C=C[C@@H]1C[C@@H](O[Si](C)(C)C(C)(C)C)CN1C(=O)O. The average Bonchev–Trinajstić information content (AvgIpc) is 2.78. The Bertz CT molecular complexity index is 470. The molecular weight excluding hydrogens is 314 g/mol. The lowest BCUT2D eigenvalue weighted by Crippen LogP contribution is -2.44. The van der Waals surface area contributed by atoms with Gasteiger partial charge in [0.2, 0.25) is 0 Å². The summed E-state index contributed by atoms with van der Waals surface area (Å²) in [6.45, 7) is 13.1. The van der Waals surface area contributed by atoms with Crippen molar-refractivity contribution in [3.8, 4) is 0 Å². The first-order chi connectivity index (χ1) is 10.5. The third-order valence-corrected chi connectivity index (χ3v) is 9.09. The van der Waals surface area contributed by atoms with Crippen LogP contribution in [0.25, 0.3) is 0 Å². The molecule has 1 N–H and O–H groups in total. The smallest absolute Gasteiger partial charge is 0.407 e. The van der Waals surface area contributed by atoms with Gasteiger partial charge < -0.3 is 14.3 Å². The van der Waals surface area contributed by atoms with Crippen LogP contribution < -0.4 is 0 Å². The maximum absolute atomic E-state index is 11.4. The Morgan fingerprint density at radius 1 is 1.35 bits per heavy atom. The van der Waals surface area contributed by atoms with E-state index in [1.807, 2.05) is 0 Å². The highest BCUT2D eigenvalue weighted by Crippen LogP contribution is 2.39. The van der Waals surface area contributed by atoms with Crippen LogP contribution in [0.3, 0.4) is 0 Å². The third kappa shape index (κ3) is 5.35. The number of carbonyl (C=O) groups excluding carboxylic acids is 1. The Labute approximate surface area is 139 Å². The zero-order valence-electron chi connectivity index (χ0n) is 15.0. The van der Waals surface area contributed by atoms with Gasteiger partial charge in [0.1, 0.15) is 0 Å². The van der Waals surface area contributed by atoms with Gasteiger partial charge in [0, 0.05) is 12.6 Å². The lowest BCUT2D eigenvalue weighted by Gasteiger charge is -2.38. The lowest BCUT2D eigenvalue weighted by molar-refractivity contribution is -0.137. The first-order valence-corrected chi connectivity index (χ1v) is 10.9. The normalized spacial score (nSPS) is 22.6. The molecule has 1 saturated heterocycles. The minimum atomic E-state index is -1.96. The minimum absolute atomic E-state index is 0.0694. The number of carboxylic acid groups (broad SMARTS) is 1. The number of amides is 1. The predicted molar refractivity (Wildman–Crippen MR) is 91.0 cm³/mol. The Balaban J connectivity index is 2.78. The van der Waals surface area contributed by atoms with E-state index >= 15 is 0 Å². The second kappa shape index (κ2) is 7.48. The molecule has 2 atom stereocenters. The quantitative estimate of drug-likeness (QED) is 0.471. The van der Waals surface area contributed by atoms with E-state index in [-0.39, 0.29) is 17.2 Å². The van der Waals surface area contributed by atoms with Gasteiger partial charge in [0.25, 0.3) is 0 Å². The molecule has 0 aromatic carbocycles. The van der Waals surface area contributed by atoms with Gasteiger partial charge in [-0.15, -0.1) is 0 Å². The molecule has 0 bridgehead atoms. The maximum Gasteiger partial charge on any atom is 0.407 e. The molecule has 1 fully saturated rings. The van der Waals surface area contributed by atoms with Crippen molar-refractivity contribution < 1.29 is 23.9 Å². The molecule has 0 saturated carbocycles. The van der Waals surface area contributed by atoms with Gasteiger partial charge in [-0.25, -0.2) is 9.59 Å². The van der Waals surface area contributed by atoms with E-state index in [0.717, 1.165) is 0 Å². The van der Waals surface area contributed by atoms with Crippen molar-refractivity contribution in [2.45, 2.75) is 64.4 Å². The van der Waals surface area contributed by atoms with Gasteiger partial charge in [0.15, 0.2) is 8.32 Å². The van der Waals surface area contributed by atoms with Gasteiger partial charge >= 0.3 is 12.1 Å². The summed E-state index contributed by atoms with van der Waals surface area (Å²) in [4.78, 5) is 24.2.